The summed E-state index contributed by atoms with van der Waals surface area (Å²) in [6.45, 7) is 3.46. The number of alkyl halides is 3. The highest BCUT2D eigenvalue weighted by Crippen LogP contribution is 2.32. The zero-order chi connectivity index (χ0) is 22.0. The number of hydrogen-bond donors (Lipinski definition) is 0. The van der Waals surface area contributed by atoms with E-state index >= 15 is 0 Å². The van der Waals surface area contributed by atoms with Gasteiger partial charge in [-0.1, -0.05) is 24.2 Å². The van der Waals surface area contributed by atoms with Crippen LogP contribution in [-0.2, 0) is 12.6 Å². The number of carbonyl (C=O) groups excluding carboxylic acids is 1. The van der Waals surface area contributed by atoms with E-state index < -0.39 is 17.6 Å². The molecule has 1 fully saturated rings. The Morgan fingerprint density at radius 1 is 1.10 bits per heavy atom. The van der Waals surface area contributed by atoms with Crippen LogP contribution in [0.2, 0.25) is 0 Å². The predicted molar refractivity (Wildman–Crippen MR) is 106 cm³/mol. The van der Waals surface area contributed by atoms with Gasteiger partial charge in [0.2, 0.25) is 11.7 Å². The summed E-state index contributed by atoms with van der Waals surface area (Å²) in [5.74, 6) is 1.12. The van der Waals surface area contributed by atoms with Crippen molar-refractivity contribution < 1.29 is 22.5 Å². The van der Waals surface area contributed by atoms with Crippen molar-refractivity contribution >= 4 is 11.7 Å². The number of benzene rings is 1. The minimum Gasteiger partial charge on any atom is -0.353 e. The molecule has 0 saturated carbocycles. The van der Waals surface area contributed by atoms with Gasteiger partial charge in [0.05, 0.1) is 11.1 Å². The number of anilines is 1. The molecular formula is C21H20F3N5O2. The number of hydrogen-bond acceptors (Lipinski definition) is 6. The van der Waals surface area contributed by atoms with E-state index in [4.69, 9.17) is 4.52 Å². The first-order valence-corrected chi connectivity index (χ1v) is 9.86. The average Bonchev–Trinajstić information content (AvgIpc) is 3.28. The van der Waals surface area contributed by atoms with Crippen LogP contribution >= 0.6 is 0 Å². The number of nitrogens with zero attached hydrogens (tertiary/aromatic N) is 5. The van der Waals surface area contributed by atoms with Gasteiger partial charge in [-0.25, -0.2) is 4.98 Å². The molecule has 0 bridgehead atoms. The van der Waals surface area contributed by atoms with Gasteiger partial charge in [0, 0.05) is 44.4 Å². The van der Waals surface area contributed by atoms with E-state index in [-0.39, 0.29) is 5.56 Å². The third-order valence-electron chi connectivity index (χ3n) is 5.13. The molecule has 0 N–H and O–H groups in total. The average molecular weight is 431 g/mol. The van der Waals surface area contributed by atoms with E-state index in [1.807, 2.05) is 24.0 Å². The van der Waals surface area contributed by atoms with Crippen molar-refractivity contribution in [2.75, 3.05) is 31.1 Å². The Morgan fingerprint density at radius 2 is 1.84 bits per heavy atom. The van der Waals surface area contributed by atoms with E-state index in [9.17, 15) is 18.0 Å². The Hall–Kier alpha value is -3.43. The van der Waals surface area contributed by atoms with Gasteiger partial charge in [-0.2, -0.15) is 18.2 Å². The Balaban J connectivity index is 1.42. The summed E-state index contributed by atoms with van der Waals surface area (Å²) in [4.78, 5) is 24.8. The Morgan fingerprint density at radius 3 is 2.45 bits per heavy atom. The highest BCUT2D eigenvalue weighted by atomic mass is 19.4. The second-order valence-electron chi connectivity index (χ2n) is 7.09. The second kappa shape index (κ2) is 8.37. The number of piperazine rings is 1. The van der Waals surface area contributed by atoms with Crippen molar-refractivity contribution in [3.05, 3.63) is 59.6 Å². The van der Waals surface area contributed by atoms with Crippen LogP contribution in [0.5, 0.6) is 0 Å². The van der Waals surface area contributed by atoms with Crippen LogP contribution in [0.25, 0.3) is 11.4 Å². The lowest BCUT2D eigenvalue weighted by Crippen LogP contribution is -2.49. The van der Waals surface area contributed by atoms with Gasteiger partial charge in [-0.15, -0.1) is 0 Å². The Kier molecular flexibility index (Phi) is 5.62. The van der Waals surface area contributed by atoms with Gasteiger partial charge in [0.25, 0.3) is 5.91 Å². The van der Waals surface area contributed by atoms with Crippen LogP contribution in [0.3, 0.4) is 0 Å². The largest absolute Gasteiger partial charge is 0.417 e. The van der Waals surface area contributed by atoms with E-state index in [1.54, 1.807) is 6.20 Å². The molecule has 1 saturated heterocycles. The third kappa shape index (κ3) is 4.37. The second-order valence-corrected chi connectivity index (χ2v) is 7.09. The van der Waals surface area contributed by atoms with Crippen molar-refractivity contribution in [3.63, 3.8) is 0 Å². The van der Waals surface area contributed by atoms with Crippen LogP contribution < -0.4 is 4.90 Å². The summed E-state index contributed by atoms with van der Waals surface area (Å²) < 4.78 is 44.8. The first-order chi connectivity index (χ1) is 14.9. The molecule has 0 atom stereocenters. The van der Waals surface area contributed by atoms with Crippen LogP contribution in [-0.4, -0.2) is 52.1 Å². The predicted octanol–water partition coefficient (Wildman–Crippen LogP) is 3.68. The van der Waals surface area contributed by atoms with Crippen molar-refractivity contribution in [2.24, 2.45) is 0 Å². The number of aromatic nitrogens is 3. The topological polar surface area (TPSA) is 75.4 Å². The third-order valence-corrected chi connectivity index (χ3v) is 5.13. The maximum atomic E-state index is 13.2. The van der Waals surface area contributed by atoms with Crippen LogP contribution in [0.4, 0.5) is 19.0 Å². The van der Waals surface area contributed by atoms with Crippen molar-refractivity contribution in [3.8, 4) is 11.4 Å². The van der Waals surface area contributed by atoms with Crippen molar-refractivity contribution in [2.45, 2.75) is 19.5 Å². The standard InChI is InChI=1S/C21H20F3N5O2/c1-2-18-26-19(27-31-18)14-7-8-17(25-13-14)28-9-11-29(12-10-28)20(30)15-5-3-4-6-16(15)21(22,23)24/h3-8,13H,2,9-12H2,1H3. The van der Waals surface area contributed by atoms with Gasteiger partial charge >= 0.3 is 6.18 Å². The smallest absolute Gasteiger partial charge is 0.353 e. The quantitative estimate of drug-likeness (QED) is 0.628. The molecule has 0 radical (unpaired) electrons. The summed E-state index contributed by atoms with van der Waals surface area (Å²) in [5.41, 5.74) is -0.505. The maximum Gasteiger partial charge on any atom is 0.417 e. The van der Waals surface area contributed by atoms with Gasteiger partial charge in [-0.05, 0) is 24.3 Å². The molecule has 4 rings (SSSR count). The van der Waals surface area contributed by atoms with Gasteiger partial charge < -0.3 is 14.3 Å². The first kappa shape index (κ1) is 20.8. The zero-order valence-corrected chi connectivity index (χ0v) is 16.8. The van der Waals surface area contributed by atoms with Gasteiger partial charge in [0.1, 0.15) is 5.82 Å². The molecule has 1 amide bonds. The fourth-order valence-corrected chi connectivity index (χ4v) is 3.45. The zero-order valence-electron chi connectivity index (χ0n) is 16.8. The van der Waals surface area contributed by atoms with Gasteiger partial charge in [0.15, 0.2) is 0 Å². The Bertz CT molecular complexity index is 1060. The fourth-order valence-electron chi connectivity index (χ4n) is 3.45. The summed E-state index contributed by atoms with van der Waals surface area (Å²) in [5, 5.41) is 3.92. The lowest BCUT2D eigenvalue weighted by molar-refractivity contribution is -0.138. The summed E-state index contributed by atoms with van der Waals surface area (Å²) in [6.07, 6.45) is -2.28. The Labute approximate surface area is 176 Å². The minimum absolute atomic E-state index is 0.305. The molecule has 7 nitrogen and oxygen atoms in total. The van der Waals surface area contributed by atoms with Crippen molar-refractivity contribution in [1.82, 2.24) is 20.0 Å². The number of carbonyl (C=O) groups is 1. The van der Waals surface area contributed by atoms with E-state index in [1.165, 1.54) is 23.1 Å². The number of rotatable bonds is 4. The molecule has 3 aromatic rings. The molecule has 0 aliphatic carbocycles. The molecule has 1 aromatic carbocycles. The fraction of sp³-hybridized carbons (Fsp3) is 0.333. The SMILES string of the molecule is CCc1nc(-c2ccc(N3CCN(C(=O)c4ccccc4C(F)(F)F)CC3)nc2)no1. The normalized spacial score (nSPS) is 14.7. The van der Waals surface area contributed by atoms with Gasteiger partial charge in [-0.3, -0.25) is 4.79 Å². The molecule has 2 aromatic heterocycles. The minimum atomic E-state index is -4.57. The molecule has 31 heavy (non-hydrogen) atoms. The summed E-state index contributed by atoms with van der Waals surface area (Å²) in [6, 6.07) is 8.54. The molecule has 10 heteroatoms. The molecule has 1 aliphatic heterocycles. The summed E-state index contributed by atoms with van der Waals surface area (Å²) in [7, 11) is 0. The summed E-state index contributed by atoms with van der Waals surface area (Å²) >= 11 is 0. The molecular weight excluding hydrogens is 411 g/mol. The lowest BCUT2D eigenvalue weighted by Gasteiger charge is -2.35. The molecule has 1 aliphatic rings. The van der Waals surface area contributed by atoms with E-state index in [2.05, 4.69) is 15.1 Å². The van der Waals surface area contributed by atoms with E-state index in [0.29, 0.717) is 50.1 Å². The number of pyridine rings is 1. The number of amides is 1. The van der Waals surface area contributed by atoms with Crippen molar-refractivity contribution in [1.29, 1.82) is 0 Å². The van der Waals surface area contributed by atoms with Crippen LogP contribution in [0, 0.1) is 0 Å². The van der Waals surface area contributed by atoms with Crippen LogP contribution in [0.15, 0.2) is 47.1 Å². The van der Waals surface area contributed by atoms with E-state index in [0.717, 1.165) is 11.6 Å². The lowest BCUT2D eigenvalue weighted by atomic mass is 10.1. The molecule has 3 heterocycles. The van der Waals surface area contributed by atoms with Crippen LogP contribution in [0.1, 0.15) is 28.7 Å². The highest BCUT2D eigenvalue weighted by molar-refractivity contribution is 5.96. The highest BCUT2D eigenvalue weighted by Gasteiger charge is 2.36. The molecule has 0 spiro atoms. The number of halogens is 3. The first-order valence-electron chi connectivity index (χ1n) is 9.86. The molecule has 0 unspecified atom stereocenters. The monoisotopic (exact) mass is 431 g/mol. The maximum absolute atomic E-state index is 13.2. The number of aryl methyl sites for hydroxylation is 1. The molecule has 162 valence electrons.